The van der Waals surface area contributed by atoms with Gasteiger partial charge < -0.3 is 5.32 Å². The van der Waals surface area contributed by atoms with Crippen LogP contribution >= 0.6 is 0 Å². The van der Waals surface area contributed by atoms with Gasteiger partial charge in [0, 0.05) is 17.6 Å². The van der Waals surface area contributed by atoms with Crippen molar-refractivity contribution < 1.29 is 8.78 Å². The fraction of sp³-hybridized carbons (Fsp3) is 0.600. The van der Waals surface area contributed by atoms with Crippen molar-refractivity contribution >= 4 is 0 Å². The van der Waals surface area contributed by atoms with Crippen LogP contribution in [-0.2, 0) is 0 Å². The molecular weight excluding hydrogens is 232 g/mol. The highest BCUT2D eigenvalue weighted by atomic mass is 19.1. The predicted molar refractivity (Wildman–Crippen MR) is 67.1 cm³/mol. The first-order valence-electron chi connectivity index (χ1n) is 6.87. The summed E-state index contributed by atoms with van der Waals surface area (Å²) in [7, 11) is 0. The molecule has 0 saturated heterocycles. The van der Waals surface area contributed by atoms with Crippen molar-refractivity contribution in [2.75, 3.05) is 0 Å². The Bertz CT molecular complexity index is 406. The Balaban J connectivity index is 1.75. The fourth-order valence-corrected chi connectivity index (χ4v) is 2.86. The Labute approximate surface area is 107 Å². The Morgan fingerprint density at radius 1 is 1.06 bits per heavy atom. The summed E-state index contributed by atoms with van der Waals surface area (Å²) in [5, 5.41) is 3.46. The number of rotatable bonds is 5. The van der Waals surface area contributed by atoms with Gasteiger partial charge in [-0.15, -0.1) is 0 Å². The molecule has 1 unspecified atom stereocenters. The molecule has 0 aliphatic heterocycles. The summed E-state index contributed by atoms with van der Waals surface area (Å²) in [4.78, 5) is 0. The van der Waals surface area contributed by atoms with Crippen LogP contribution in [0.1, 0.15) is 44.2 Å². The third-order valence-electron chi connectivity index (χ3n) is 4.13. The molecule has 0 aromatic heterocycles. The van der Waals surface area contributed by atoms with Gasteiger partial charge in [0.25, 0.3) is 0 Å². The molecule has 1 aromatic carbocycles. The van der Waals surface area contributed by atoms with E-state index < -0.39 is 11.6 Å². The van der Waals surface area contributed by atoms with Gasteiger partial charge in [-0.05, 0) is 56.6 Å². The zero-order valence-electron chi connectivity index (χ0n) is 10.6. The summed E-state index contributed by atoms with van der Waals surface area (Å²) in [6.07, 6.45) is 5.06. The zero-order chi connectivity index (χ0) is 12.7. The molecule has 1 N–H and O–H groups in total. The minimum Gasteiger partial charge on any atom is -0.307 e. The standard InChI is InChI=1S/C15H19F2N/c1-9(14-12(16)3-2-4-13(14)17)18-15(10-5-6-10)11-7-8-11/h2-4,9-11,15,18H,5-8H2,1H3. The number of halogens is 2. The number of nitrogens with one attached hydrogen (secondary N) is 1. The summed E-state index contributed by atoms with van der Waals surface area (Å²) in [6, 6.07) is 4.29. The Morgan fingerprint density at radius 2 is 1.56 bits per heavy atom. The van der Waals surface area contributed by atoms with Gasteiger partial charge in [-0.25, -0.2) is 8.78 Å². The van der Waals surface area contributed by atoms with Crippen LogP contribution in [0.2, 0.25) is 0 Å². The predicted octanol–water partition coefficient (Wildman–Crippen LogP) is 3.80. The second-order valence-corrected chi connectivity index (χ2v) is 5.72. The van der Waals surface area contributed by atoms with Gasteiger partial charge in [-0.2, -0.15) is 0 Å². The molecule has 1 aromatic rings. The molecular formula is C15H19F2N. The molecule has 1 nitrogen and oxygen atoms in total. The van der Waals surface area contributed by atoms with E-state index in [-0.39, 0.29) is 11.6 Å². The number of benzene rings is 1. The molecule has 3 heteroatoms. The Kier molecular flexibility index (Phi) is 3.10. The monoisotopic (exact) mass is 251 g/mol. The summed E-state index contributed by atoms with van der Waals surface area (Å²) in [5.41, 5.74) is 0.184. The van der Waals surface area contributed by atoms with E-state index in [1.807, 2.05) is 6.92 Å². The minimum absolute atomic E-state index is 0.184. The molecule has 0 amide bonds. The molecule has 0 heterocycles. The highest BCUT2D eigenvalue weighted by molar-refractivity contribution is 5.23. The average molecular weight is 251 g/mol. The summed E-state index contributed by atoms with van der Waals surface area (Å²) >= 11 is 0. The summed E-state index contributed by atoms with van der Waals surface area (Å²) < 4.78 is 27.4. The first-order valence-corrected chi connectivity index (χ1v) is 6.87. The first-order chi connectivity index (χ1) is 8.66. The molecule has 2 fully saturated rings. The van der Waals surface area contributed by atoms with Gasteiger partial charge in [-0.3, -0.25) is 0 Å². The molecule has 0 radical (unpaired) electrons. The Morgan fingerprint density at radius 3 is 2.00 bits per heavy atom. The van der Waals surface area contributed by atoms with Gasteiger partial charge in [0.1, 0.15) is 11.6 Å². The lowest BCUT2D eigenvalue weighted by Crippen LogP contribution is -2.35. The number of hydrogen-bond donors (Lipinski definition) is 1. The maximum atomic E-state index is 13.7. The topological polar surface area (TPSA) is 12.0 Å². The van der Waals surface area contributed by atoms with E-state index in [4.69, 9.17) is 0 Å². The number of hydrogen-bond acceptors (Lipinski definition) is 1. The smallest absolute Gasteiger partial charge is 0.130 e. The average Bonchev–Trinajstić information content (AvgIpc) is 3.17. The lowest BCUT2D eigenvalue weighted by atomic mass is 10.0. The third kappa shape index (κ3) is 2.41. The van der Waals surface area contributed by atoms with Crippen molar-refractivity contribution in [1.82, 2.24) is 5.32 Å². The van der Waals surface area contributed by atoms with Gasteiger partial charge in [0.15, 0.2) is 0 Å². The van der Waals surface area contributed by atoms with Crippen molar-refractivity contribution in [3.05, 3.63) is 35.4 Å². The molecule has 98 valence electrons. The normalized spacial score (nSPS) is 21.3. The minimum atomic E-state index is -0.444. The van der Waals surface area contributed by atoms with E-state index in [1.165, 1.54) is 43.9 Å². The third-order valence-corrected chi connectivity index (χ3v) is 4.13. The van der Waals surface area contributed by atoms with Crippen molar-refractivity contribution in [3.63, 3.8) is 0 Å². The van der Waals surface area contributed by atoms with E-state index in [0.29, 0.717) is 6.04 Å². The van der Waals surface area contributed by atoms with Crippen LogP contribution in [0, 0.1) is 23.5 Å². The largest absolute Gasteiger partial charge is 0.307 e. The summed E-state index contributed by atoms with van der Waals surface area (Å²) in [5.74, 6) is 0.574. The van der Waals surface area contributed by atoms with Crippen LogP contribution in [0.4, 0.5) is 8.78 Å². The van der Waals surface area contributed by atoms with Crippen LogP contribution in [0.25, 0.3) is 0 Å². The molecule has 18 heavy (non-hydrogen) atoms. The molecule has 2 aliphatic carbocycles. The molecule has 0 bridgehead atoms. The van der Waals surface area contributed by atoms with E-state index in [9.17, 15) is 8.78 Å². The molecule has 2 saturated carbocycles. The van der Waals surface area contributed by atoms with Crippen molar-refractivity contribution in [2.24, 2.45) is 11.8 Å². The Hall–Kier alpha value is -0.960. The lowest BCUT2D eigenvalue weighted by Gasteiger charge is -2.24. The summed E-state index contributed by atoms with van der Waals surface area (Å²) in [6.45, 7) is 1.86. The SMILES string of the molecule is CC(NC(C1CC1)C1CC1)c1c(F)cccc1F. The quantitative estimate of drug-likeness (QED) is 0.839. The van der Waals surface area contributed by atoms with E-state index in [1.54, 1.807) is 0 Å². The van der Waals surface area contributed by atoms with Crippen LogP contribution < -0.4 is 5.32 Å². The van der Waals surface area contributed by atoms with Crippen LogP contribution in [0.3, 0.4) is 0 Å². The van der Waals surface area contributed by atoms with Crippen LogP contribution in [0.5, 0.6) is 0 Å². The van der Waals surface area contributed by atoms with E-state index >= 15 is 0 Å². The first kappa shape index (κ1) is 12.1. The van der Waals surface area contributed by atoms with Crippen LogP contribution in [0.15, 0.2) is 18.2 Å². The van der Waals surface area contributed by atoms with E-state index in [0.717, 1.165) is 11.8 Å². The maximum Gasteiger partial charge on any atom is 0.130 e. The second-order valence-electron chi connectivity index (χ2n) is 5.72. The molecule has 1 atom stereocenters. The maximum absolute atomic E-state index is 13.7. The molecule has 2 aliphatic rings. The zero-order valence-corrected chi connectivity index (χ0v) is 10.6. The van der Waals surface area contributed by atoms with Gasteiger partial charge >= 0.3 is 0 Å². The highest BCUT2D eigenvalue weighted by Crippen LogP contribution is 2.45. The van der Waals surface area contributed by atoms with Crippen LogP contribution in [-0.4, -0.2) is 6.04 Å². The van der Waals surface area contributed by atoms with Gasteiger partial charge in [0.05, 0.1) is 0 Å². The fourth-order valence-electron chi connectivity index (χ4n) is 2.86. The van der Waals surface area contributed by atoms with Gasteiger partial charge in [0.2, 0.25) is 0 Å². The van der Waals surface area contributed by atoms with Crippen molar-refractivity contribution in [1.29, 1.82) is 0 Å². The lowest BCUT2D eigenvalue weighted by molar-refractivity contribution is 0.364. The highest BCUT2D eigenvalue weighted by Gasteiger charge is 2.42. The van der Waals surface area contributed by atoms with Gasteiger partial charge in [-0.1, -0.05) is 6.07 Å². The van der Waals surface area contributed by atoms with Crippen molar-refractivity contribution in [3.8, 4) is 0 Å². The molecule has 0 spiro atoms. The van der Waals surface area contributed by atoms with Crippen molar-refractivity contribution in [2.45, 2.75) is 44.7 Å². The second kappa shape index (κ2) is 4.61. The molecule has 3 rings (SSSR count). The van der Waals surface area contributed by atoms with E-state index in [2.05, 4.69) is 5.32 Å².